The van der Waals surface area contributed by atoms with E-state index in [0.29, 0.717) is 32.5 Å². The third-order valence-electron chi connectivity index (χ3n) is 4.94. The lowest BCUT2D eigenvalue weighted by molar-refractivity contribution is -0.137. The van der Waals surface area contributed by atoms with Gasteiger partial charge in [-0.25, -0.2) is 0 Å². The number of amides is 1. The molecule has 0 unspecified atom stereocenters. The molecule has 0 fully saturated rings. The molecule has 180 valence electrons. The van der Waals surface area contributed by atoms with E-state index < -0.39 is 17.6 Å². The first-order chi connectivity index (χ1) is 16.7. The second-order valence-corrected chi connectivity index (χ2v) is 9.15. The summed E-state index contributed by atoms with van der Waals surface area (Å²) in [6, 6.07) is 18.8. The molecule has 1 heterocycles. The van der Waals surface area contributed by atoms with Crippen molar-refractivity contribution in [3.63, 3.8) is 0 Å². The summed E-state index contributed by atoms with van der Waals surface area (Å²) in [7, 11) is 0. The second-order valence-electron chi connectivity index (χ2n) is 7.36. The maximum atomic E-state index is 12.8. The number of carbonyl (C=O) groups is 1. The topological polar surface area (TPSA) is 59.8 Å². The molecule has 0 bridgehead atoms. The molecule has 1 aromatic heterocycles. The Kier molecular flexibility index (Phi) is 7.69. The van der Waals surface area contributed by atoms with Crippen molar-refractivity contribution in [2.45, 2.75) is 23.6 Å². The van der Waals surface area contributed by atoms with Crippen LogP contribution in [0.4, 0.5) is 13.2 Å². The van der Waals surface area contributed by atoms with Gasteiger partial charge >= 0.3 is 6.18 Å². The average Bonchev–Trinajstić information content (AvgIpc) is 3.24. The van der Waals surface area contributed by atoms with E-state index in [0.717, 1.165) is 29.8 Å². The van der Waals surface area contributed by atoms with E-state index in [-0.39, 0.29) is 12.1 Å². The Morgan fingerprint density at radius 2 is 1.69 bits per heavy atom. The van der Waals surface area contributed by atoms with Crippen molar-refractivity contribution in [3.05, 3.63) is 105 Å². The maximum Gasteiger partial charge on any atom is 0.416 e. The Labute approximate surface area is 213 Å². The number of hydrogen-bond acceptors (Lipinski definition) is 4. The highest BCUT2D eigenvalue weighted by Crippen LogP contribution is 2.31. The minimum absolute atomic E-state index is 0.0301. The molecule has 11 heteroatoms. The molecule has 3 aromatic carbocycles. The summed E-state index contributed by atoms with van der Waals surface area (Å²) in [5.41, 5.74) is 0.931. The van der Waals surface area contributed by atoms with Gasteiger partial charge in [0.25, 0.3) is 5.91 Å². The van der Waals surface area contributed by atoms with E-state index in [1.807, 2.05) is 30.3 Å². The van der Waals surface area contributed by atoms with E-state index in [1.165, 1.54) is 11.8 Å². The van der Waals surface area contributed by atoms with Gasteiger partial charge in [0.2, 0.25) is 0 Å². The van der Waals surface area contributed by atoms with Crippen molar-refractivity contribution < 1.29 is 18.0 Å². The van der Waals surface area contributed by atoms with E-state index in [4.69, 9.17) is 23.2 Å². The number of carbonyl (C=O) groups excluding carboxylic acids is 1. The molecule has 0 aliphatic heterocycles. The molecule has 0 radical (unpaired) electrons. The summed E-state index contributed by atoms with van der Waals surface area (Å²) in [6.07, 6.45) is -4.48. The normalized spacial score (nSPS) is 11.5. The molecule has 4 aromatic rings. The number of nitrogens with zero attached hydrogens (tertiary/aromatic N) is 3. The van der Waals surface area contributed by atoms with E-state index in [1.54, 1.807) is 22.8 Å². The van der Waals surface area contributed by atoms with Crippen molar-refractivity contribution in [1.29, 1.82) is 0 Å². The molecule has 0 atom stereocenters. The number of alkyl halides is 3. The Morgan fingerprint density at radius 3 is 2.34 bits per heavy atom. The van der Waals surface area contributed by atoms with Crippen molar-refractivity contribution in [2.75, 3.05) is 0 Å². The van der Waals surface area contributed by atoms with E-state index >= 15 is 0 Å². The van der Waals surface area contributed by atoms with Gasteiger partial charge in [-0.15, -0.1) is 10.2 Å². The summed E-state index contributed by atoms with van der Waals surface area (Å²) in [6.45, 7) is -0.0301. The molecule has 4 rings (SSSR count). The first-order valence-electron chi connectivity index (χ1n) is 10.2. The monoisotopic (exact) mass is 536 g/mol. The van der Waals surface area contributed by atoms with Gasteiger partial charge in [-0.1, -0.05) is 65.3 Å². The number of aromatic nitrogens is 3. The molecule has 0 spiro atoms. The number of thioether (sulfide) groups is 1. The van der Waals surface area contributed by atoms with Crippen molar-refractivity contribution >= 4 is 40.9 Å². The molecule has 0 aliphatic carbocycles. The van der Waals surface area contributed by atoms with Crippen LogP contribution in [0.2, 0.25) is 10.0 Å². The zero-order valence-electron chi connectivity index (χ0n) is 17.9. The van der Waals surface area contributed by atoms with Crippen LogP contribution in [0.15, 0.2) is 78.0 Å². The average molecular weight is 537 g/mol. The predicted molar refractivity (Wildman–Crippen MR) is 130 cm³/mol. The van der Waals surface area contributed by atoms with Crippen LogP contribution in [0.1, 0.15) is 27.3 Å². The first kappa shape index (κ1) is 25.1. The summed E-state index contributed by atoms with van der Waals surface area (Å²) >= 11 is 13.9. The summed E-state index contributed by atoms with van der Waals surface area (Å²) in [5.74, 6) is 0.473. The number of halogens is 5. The molecule has 1 N–H and O–H groups in total. The Hall–Kier alpha value is -3.01. The molecule has 0 aliphatic rings. The van der Waals surface area contributed by atoms with Crippen LogP contribution in [-0.2, 0) is 18.5 Å². The number of rotatable bonds is 7. The van der Waals surface area contributed by atoms with Crippen molar-refractivity contribution in [2.24, 2.45) is 0 Å². The Bertz CT molecular complexity index is 1330. The lowest BCUT2D eigenvalue weighted by Gasteiger charge is -2.13. The fourth-order valence-electron chi connectivity index (χ4n) is 3.21. The smallest absolute Gasteiger partial charge is 0.345 e. The van der Waals surface area contributed by atoms with Gasteiger partial charge in [0.1, 0.15) is 0 Å². The molecular formula is C24H17Cl2F3N4OS. The fourth-order valence-corrected chi connectivity index (χ4v) is 4.62. The van der Waals surface area contributed by atoms with E-state index in [9.17, 15) is 18.0 Å². The summed E-state index contributed by atoms with van der Waals surface area (Å²) in [4.78, 5) is 12.6. The molecule has 1 amide bonds. The van der Waals surface area contributed by atoms with Gasteiger partial charge in [0.05, 0.1) is 22.8 Å². The SMILES string of the molecule is O=C(NCc1nnc(SCc2ccccc2)n1-c1ccc(Cl)cc1Cl)c1ccc(C(F)(F)F)cc1. The standard InChI is InChI=1S/C24H17Cl2F3N4OS/c25-18-10-11-20(19(26)12-18)33-21(31-32-23(33)35-14-15-4-2-1-3-5-15)13-30-22(34)16-6-8-17(9-7-16)24(27,28)29/h1-12H,13-14H2,(H,30,34). The molecule has 5 nitrogen and oxygen atoms in total. The van der Waals surface area contributed by atoms with Gasteiger partial charge in [-0.2, -0.15) is 13.2 Å². The Morgan fingerprint density at radius 1 is 0.971 bits per heavy atom. The third kappa shape index (κ3) is 6.17. The lowest BCUT2D eigenvalue weighted by atomic mass is 10.1. The van der Waals surface area contributed by atoms with Crippen LogP contribution in [-0.4, -0.2) is 20.7 Å². The molecule has 35 heavy (non-hydrogen) atoms. The van der Waals surface area contributed by atoms with Crippen LogP contribution in [0.3, 0.4) is 0 Å². The Balaban J connectivity index is 1.57. The van der Waals surface area contributed by atoms with Crippen LogP contribution >= 0.6 is 35.0 Å². The quantitative estimate of drug-likeness (QED) is 0.263. The van der Waals surface area contributed by atoms with Crippen LogP contribution in [0.5, 0.6) is 0 Å². The zero-order chi connectivity index (χ0) is 25.0. The third-order valence-corrected chi connectivity index (χ3v) is 6.48. The largest absolute Gasteiger partial charge is 0.416 e. The fraction of sp³-hybridized carbons (Fsp3) is 0.125. The number of benzene rings is 3. The van der Waals surface area contributed by atoms with Gasteiger partial charge < -0.3 is 5.32 Å². The second kappa shape index (κ2) is 10.7. The van der Waals surface area contributed by atoms with Crippen LogP contribution in [0, 0.1) is 0 Å². The van der Waals surface area contributed by atoms with Gasteiger partial charge in [-0.05, 0) is 48.0 Å². The molecule has 0 saturated carbocycles. The predicted octanol–water partition coefficient (Wildman–Crippen LogP) is 6.82. The molecule has 0 saturated heterocycles. The molecular weight excluding hydrogens is 520 g/mol. The minimum atomic E-state index is -4.48. The number of nitrogens with one attached hydrogen (secondary N) is 1. The zero-order valence-corrected chi connectivity index (χ0v) is 20.2. The highest BCUT2D eigenvalue weighted by atomic mass is 35.5. The first-order valence-corrected chi connectivity index (χ1v) is 12.0. The van der Waals surface area contributed by atoms with Gasteiger partial charge in [0, 0.05) is 16.3 Å². The lowest BCUT2D eigenvalue weighted by Crippen LogP contribution is -2.24. The van der Waals surface area contributed by atoms with Gasteiger partial charge in [-0.3, -0.25) is 9.36 Å². The number of hydrogen-bond donors (Lipinski definition) is 1. The van der Waals surface area contributed by atoms with Crippen molar-refractivity contribution in [1.82, 2.24) is 20.1 Å². The summed E-state index contributed by atoms with van der Waals surface area (Å²) in [5, 5.41) is 12.5. The maximum absolute atomic E-state index is 12.8. The highest BCUT2D eigenvalue weighted by Gasteiger charge is 2.30. The van der Waals surface area contributed by atoms with E-state index in [2.05, 4.69) is 15.5 Å². The summed E-state index contributed by atoms with van der Waals surface area (Å²) < 4.78 is 40.1. The highest BCUT2D eigenvalue weighted by molar-refractivity contribution is 7.98. The van der Waals surface area contributed by atoms with Crippen LogP contribution in [0.25, 0.3) is 5.69 Å². The minimum Gasteiger partial charge on any atom is -0.345 e. The van der Waals surface area contributed by atoms with Gasteiger partial charge in [0.15, 0.2) is 11.0 Å². The van der Waals surface area contributed by atoms with Crippen LogP contribution < -0.4 is 5.32 Å². The van der Waals surface area contributed by atoms with Crippen molar-refractivity contribution in [3.8, 4) is 5.69 Å².